The second-order valence-electron chi connectivity index (χ2n) is 7.63. The first kappa shape index (κ1) is 16.3. The second-order valence-corrected chi connectivity index (χ2v) is 8.52. The predicted octanol–water partition coefficient (Wildman–Crippen LogP) is 4.17. The fourth-order valence-electron chi connectivity index (χ4n) is 4.48. The highest BCUT2D eigenvalue weighted by molar-refractivity contribution is 7.16. The molecule has 5 heteroatoms. The Morgan fingerprint density at radius 3 is 2.58 bits per heavy atom. The molecular formula is C19H28N4S. The summed E-state index contributed by atoms with van der Waals surface area (Å²) in [6, 6.07) is 3.60. The van der Waals surface area contributed by atoms with Crippen molar-refractivity contribution in [3.8, 4) is 0 Å². The fraction of sp³-hybridized carbons (Fsp3) is 0.684. The molecule has 0 N–H and O–H groups in total. The van der Waals surface area contributed by atoms with Gasteiger partial charge in [0.05, 0.1) is 5.39 Å². The molecule has 1 aliphatic carbocycles. The summed E-state index contributed by atoms with van der Waals surface area (Å²) in [6.45, 7) is 4.89. The number of anilines is 1. The topological polar surface area (TPSA) is 32.3 Å². The van der Waals surface area contributed by atoms with Gasteiger partial charge in [0.2, 0.25) is 0 Å². The molecule has 0 radical (unpaired) electrons. The van der Waals surface area contributed by atoms with Crippen molar-refractivity contribution in [1.82, 2.24) is 14.9 Å². The van der Waals surface area contributed by atoms with Gasteiger partial charge in [-0.2, -0.15) is 0 Å². The van der Waals surface area contributed by atoms with E-state index in [1.807, 2.05) is 0 Å². The Hall–Kier alpha value is -1.20. The summed E-state index contributed by atoms with van der Waals surface area (Å²) in [5.41, 5.74) is 0. The van der Waals surface area contributed by atoms with Crippen LogP contribution in [-0.2, 0) is 0 Å². The van der Waals surface area contributed by atoms with Crippen LogP contribution in [0, 0.1) is 5.92 Å². The molecule has 2 aromatic heterocycles. The standard InChI is InChI=1S/C19H28N4S/c1-14-3-5-16(6-4-14)23-10-7-15(8-11-23)22(2)18-17-9-12-24-19(17)21-13-20-18/h9,12-16H,3-8,10-11H2,1-2H3. The van der Waals surface area contributed by atoms with Crippen LogP contribution in [0.4, 0.5) is 5.82 Å². The summed E-state index contributed by atoms with van der Waals surface area (Å²) in [6.07, 6.45) is 9.86. The molecule has 0 atom stereocenters. The number of aromatic nitrogens is 2. The Bertz CT molecular complexity index is 669. The lowest BCUT2D eigenvalue weighted by Crippen LogP contribution is -2.48. The van der Waals surface area contributed by atoms with Crippen molar-refractivity contribution in [3.05, 3.63) is 17.8 Å². The maximum absolute atomic E-state index is 4.58. The molecular weight excluding hydrogens is 316 g/mol. The van der Waals surface area contributed by atoms with Gasteiger partial charge < -0.3 is 9.80 Å². The fourth-order valence-corrected chi connectivity index (χ4v) is 5.20. The normalized spacial score (nSPS) is 26.8. The monoisotopic (exact) mass is 344 g/mol. The number of piperidine rings is 1. The van der Waals surface area contributed by atoms with Gasteiger partial charge in [0, 0.05) is 32.2 Å². The van der Waals surface area contributed by atoms with E-state index in [2.05, 4.69) is 45.2 Å². The molecule has 2 aromatic rings. The Balaban J connectivity index is 1.39. The lowest BCUT2D eigenvalue weighted by molar-refractivity contribution is 0.110. The van der Waals surface area contributed by atoms with E-state index in [-0.39, 0.29) is 0 Å². The first-order chi connectivity index (χ1) is 11.7. The smallest absolute Gasteiger partial charge is 0.140 e. The molecule has 1 saturated heterocycles. The third-order valence-electron chi connectivity index (χ3n) is 6.12. The van der Waals surface area contributed by atoms with Crippen molar-refractivity contribution in [2.24, 2.45) is 5.92 Å². The number of likely N-dealkylation sites (tertiary alicyclic amines) is 1. The molecule has 2 fully saturated rings. The van der Waals surface area contributed by atoms with E-state index in [4.69, 9.17) is 0 Å². The van der Waals surface area contributed by atoms with Crippen LogP contribution in [0.3, 0.4) is 0 Å². The van der Waals surface area contributed by atoms with Crippen LogP contribution in [0.5, 0.6) is 0 Å². The summed E-state index contributed by atoms with van der Waals surface area (Å²) in [4.78, 5) is 15.2. The van der Waals surface area contributed by atoms with E-state index in [9.17, 15) is 0 Å². The molecule has 0 aromatic carbocycles. The minimum Gasteiger partial charge on any atom is -0.356 e. The van der Waals surface area contributed by atoms with Crippen molar-refractivity contribution in [2.75, 3.05) is 25.0 Å². The van der Waals surface area contributed by atoms with Crippen molar-refractivity contribution < 1.29 is 0 Å². The molecule has 0 bridgehead atoms. The molecule has 4 rings (SSSR count). The van der Waals surface area contributed by atoms with Gasteiger partial charge in [0.25, 0.3) is 0 Å². The molecule has 1 aliphatic heterocycles. The SMILES string of the molecule is CC1CCC(N2CCC(N(C)c3ncnc4sccc34)CC2)CC1. The summed E-state index contributed by atoms with van der Waals surface area (Å²) in [5.74, 6) is 2.04. The highest BCUT2D eigenvalue weighted by Gasteiger charge is 2.29. The molecule has 130 valence electrons. The minimum atomic E-state index is 0.599. The quantitative estimate of drug-likeness (QED) is 0.836. The number of hydrogen-bond acceptors (Lipinski definition) is 5. The largest absolute Gasteiger partial charge is 0.356 e. The average Bonchev–Trinajstić information content (AvgIpc) is 3.11. The Morgan fingerprint density at radius 2 is 1.83 bits per heavy atom. The summed E-state index contributed by atoms with van der Waals surface area (Å²) < 4.78 is 0. The van der Waals surface area contributed by atoms with E-state index in [1.54, 1.807) is 17.7 Å². The number of fused-ring (bicyclic) bond motifs is 1. The van der Waals surface area contributed by atoms with E-state index in [0.29, 0.717) is 6.04 Å². The van der Waals surface area contributed by atoms with Crippen LogP contribution in [-0.4, -0.2) is 47.1 Å². The zero-order chi connectivity index (χ0) is 16.5. The van der Waals surface area contributed by atoms with E-state index in [1.165, 1.54) is 57.0 Å². The van der Waals surface area contributed by atoms with E-state index >= 15 is 0 Å². The maximum Gasteiger partial charge on any atom is 0.140 e. The molecule has 4 nitrogen and oxygen atoms in total. The zero-order valence-electron chi connectivity index (χ0n) is 14.8. The summed E-state index contributed by atoms with van der Waals surface area (Å²) in [5, 5.41) is 3.32. The maximum atomic E-state index is 4.58. The number of thiophene rings is 1. The van der Waals surface area contributed by atoms with E-state index < -0.39 is 0 Å². The zero-order valence-corrected chi connectivity index (χ0v) is 15.6. The summed E-state index contributed by atoms with van der Waals surface area (Å²) in [7, 11) is 2.21. The molecule has 24 heavy (non-hydrogen) atoms. The van der Waals surface area contributed by atoms with Gasteiger partial charge in [-0.15, -0.1) is 11.3 Å². The molecule has 0 spiro atoms. The molecule has 0 unspecified atom stereocenters. The molecule has 1 saturated carbocycles. The van der Waals surface area contributed by atoms with Crippen molar-refractivity contribution in [1.29, 1.82) is 0 Å². The van der Waals surface area contributed by atoms with Gasteiger partial charge >= 0.3 is 0 Å². The number of rotatable bonds is 3. The third kappa shape index (κ3) is 3.16. The van der Waals surface area contributed by atoms with Crippen LogP contribution in [0.25, 0.3) is 10.2 Å². The second kappa shape index (κ2) is 6.96. The lowest BCUT2D eigenvalue weighted by atomic mass is 9.85. The minimum absolute atomic E-state index is 0.599. The van der Waals surface area contributed by atoms with Crippen LogP contribution in [0.15, 0.2) is 17.8 Å². The van der Waals surface area contributed by atoms with Crippen molar-refractivity contribution >= 4 is 27.4 Å². The van der Waals surface area contributed by atoms with Gasteiger partial charge in [-0.25, -0.2) is 9.97 Å². The molecule has 0 amide bonds. The van der Waals surface area contributed by atoms with Crippen LogP contribution < -0.4 is 4.90 Å². The van der Waals surface area contributed by atoms with Gasteiger partial charge in [-0.1, -0.05) is 6.92 Å². The van der Waals surface area contributed by atoms with Crippen molar-refractivity contribution in [2.45, 2.75) is 57.5 Å². The van der Waals surface area contributed by atoms with Gasteiger partial charge in [-0.05, 0) is 55.9 Å². The van der Waals surface area contributed by atoms with E-state index in [0.717, 1.165) is 22.6 Å². The van der Waals surface area contributed by atoms with Crippen LogP contribution in [0.2, 0.25) is 0 Å². The lowest BCUT2D eigenvalue weighted by Gasteiger charge is -2.42. The third-order valence-corrected chi connectivity index (χ3v) is 6.94. The predicted molar refractivity (Wildman–Crippen MR) is 102 cm³/mol. The van der Waals surface area contributed by atoms with Gasteiger partial charge in [0.15, 0.2) is 0 Å². The Morgan fingerprint density at radius 1 is 1.08 bits per heavy atom. The van der Waals surface area contributed by atoms with Crippen LogP contribution in [0.1, 0.15) is 45.4 Å². The number of hydrogen-bond donors (Lipinski definition) is 0. The molecule has 3 heterocycles. The van der Waals surface area contributed by atoms with Gasteiger partial charge in [-0.3, -0.25) is 0 Å². The Kier molecular flexibility index (Phi) is 4.72. The first-order valence-corrected chi connectivity index (χ1v) is 10.3. The molecule has 2 aliphatic rings. The Labute approximate surface area is 148 Å². The first-order valence-electron chi connectivity index (χ1n) is 9.37. The number of nitrogens with zero attached hydrogens (tertiary/aromatic N) is 4. The van der Waals surface area contributed by atoms with Crippen LogP contribution >= 0.6 is 11.3 Å². The van der Waals surface area contributed by atoms with Crippen molar-refractivity contribution in [3.63, 3.8) is 0 Å². The average molecular weight is 345 g/mol. The highest BCUT2D eigenvalue weighted by atomic mass is 32.1. The van der Waals surface area contributed by atoms with Gasteiger partial charge in [0.1, 0.15) is 17.0 Å². The summed E-state index contributed by atoms with van der Waals surface area (Å²) >= 11 is 1.70. The highest BCUT2D eigenvalue weighted by Crippen LogP contribution is 2.32.